The van der Waals surface area contributed by atoms with E-state index >= 15 is 0 Å². The van der Waals surface area contributed by atoms with Gasteiger partial charge < -0.3 is 10.1 Å². The Balaban J connectivity index is 1.43. The van der Waals surface area contributed by atoms with Gasteiger partial charge in [0.15, 0.2) is 6.61 Å². The Kier molecular flexibility index (Phi) is 4.78. The van der Waals surface area contributed by atoms with Crippen LogP contribution in [0, 0.1) is 27.9 Å². The molecule has 3 atom stereocenters. The molecule has 0 radical (unpaired) electrons. The highest BCUT2D eigenvalue weighted by Gasteiger charge is 2.40. The van der Waals surface area contributed by atoms with Gasteiger partial charge in [0.25, 0.3) is 11.6 Å². The molecule has 0 unspecified atom stereocenters. The molecule has 0 aliphatic heterocycles. The Morgan fingerprint density at radius 3 is 2.79 bits per heavy atom. The summed E-state index contributed by atoms with van der Waals surface area (Å²) >= 11 is 0. The van der Waals surface area contributed by atoms with Crippen LogP contribution in [0.3, 0.4) is 0 Å². The van der Waals surface area contributed by atoms with Crippen LogP contribution >= 0.6 is 0 Å². The number of ether oxygens (including phenoxy) is 1. The van der Waals surface area contributed by atoms with E-state index < -0.39 is 10.8 Å². The fourth-order valence-electron chi connectivity index (χ4n) is 3.94. The van der Waals surface area contributed by atoms with E-state index in [2.05, 4.69) is 5.32 Å². The van der Waals surface area contributed by atoms with Crippen molar-refractivity contribution >= 4 is 23.3 Å². The first-order chi connectivity index (χ1) is 11.5. The molecule has 0 saturated heterocycles. The molecule has 7 nitrogen and oxygen atoms in total. The first kappa shape index (κ1) is 16.4. The number of rotatable bonds is 6. The topological polar surface area (TPSA) is 98.5 Å². The molecule has 0 aromatic heterocycles. The third-order valence-electron chi connectivity index (χ3n) is 5.02. The first-order valence-electron chi connectivity index (χ1n) is 8.21. The number of carbonyl (C=O) groups is 2. The number of benzene rings is 1. The van der Waals surface area contributed by atoms with Crippen molar-refractivity contribution in [2.45, 2.75) is 32.1 Å². The van der Waals surface area contributed by atoms with E-state index in [9.17, 15) is 19.7 Å². The highest BCUT2D eigenvalue weighted by molar-refractivity contribution is 5.93. The smallest absolute Gasteiger partial charge is 0.306 e. The van der Waals surface area contributed by atoms with Gasteiger partial charge >= 0.3 is 5.97 Å². The highest BCUT2D eigenvalue weighted by Crippen LogP contribution is 2.49. The van der Waals surface area contributed by atoms with Gasteiger partial charge in [-0.05, 0) is 43.1 Å². The summed E-state index contributed by atoms with van der Waals surface area (Å²) in [6, 6.07) is 5.62. The summed E-state index contributed by atoms with van der Waals surface area (Å²) in [4.78, 5) is 33.8. The number of nitrogens with one attached hydrogen (secondary N) is 1. The van der Waals surface area contributed by atoms with Gasteiger partial charge in [-0.3, -0.25) is 19.7 Å². The van der Waals surface area contributed by atoms with Crippen molar-refractivity contribution in [2.24, 2.45) is 17.8 Å². The van der Waals surface area contributed by atoms with E-state index in [-0.39, 0.29) is 18.3 Å². The SMILES string of the molecule is O=C(COC(=O)C[C@@H]1C[C@H]2CC[C@H]1C2)Nc1cccc([N+](=O)[O-])c1. The number of hydrogen-bond acceptors (Lipinski definition) is 5. The number of hydrogen-bond donors (Lipinski definition) is 1. The average Bonchev–Trinajstić information content (AvgIpc) is 3.16. The number of carbonyl (C=O) groups excluding carboxylic acids is 2. The lowest BCUT2D eigenvalue weighted by Crippen LogP contribution is -2.23. The summed E-state index contributed by atoms with van der Waals surface area (Å²) in [7, 11) is 0. The van der Waals surface area contributed by atoms with E-state index in [1.165, 1.54) is 37.5 Å². The van der Waals surface area contributed by atoms with Crippen molar-refractivity contribution in [2.75, 3.05) is 11.9 Å². The van der Waals surface area contributed by atoms with E-state index in [1.54, 1.807) is 6.07 Å². The fraction of sp³-hybridized carbons (Fsp3) is 0.529. The second-order valence-corrected chi connectivity index (χ2v) is 6.66. The lowest BCUT2D eigenvalue weighted by atomic mass is 9.86. The minimum Gasteiger partial charge on any atom is -0.456 e. The van der Waals surface area contributed by atoms with Crippen LogP contribution in [-0.2, 0) is 14.3 Å². The number of amides is 1. The number of nitro benzene ring substituents is 1. The highest BCUT2D eigenvalue weighted by atomic mass is 16.6. The summed E-state index contributed by atoms with van der Waals surface area (Å²) in [5.41, 5.74) is 0.194. The number of anilines is 1. The van der Waals surface area contributed by atoms with Crippen LogP contribution < -0.4 is 5.32 Å². The molecule has 24 heavy (non-hydrogen) atoms. The van der Waals surface area contributed by atoms with Crippen LogP contribution in [-0.4, -0.2) is 23.4 Å². The van der Waals surface area contributed by atoms with Crippen molar-refractivity contribution in [1.29, 1.82) is 0 Å². The predicted molar refractivity (Wildman–Crippen MR) is 86.2 cm³/mol. The zero-order valence-corrected chi connectivity index (χ0v) is 13.3. The van der Waals surface area contributed by atoms with E-state index in [4.69, 9.17) is 4.74 Å². The average molecular weight is 332 g/mol. The van der Waals surface area contributed by atoms with Crippen LogP contribution in [0.2, 0.25) is 0 Å². The molecule has 1 aromatic carbocycles. The van der Waals surface area contributed by atoms with Crippen molar-refractivity contribution in [3.8, 4) is 0 Å². The van der Waals surface area contributed by atoms with Gasteiger partial charge in [-0.2, -0.15) is 0 Å². The zero-order valence-electron chi connectivity index (χ0n) is 13.3. The molecular formula is C17H20N2O5. The molecule has 1 aromatic rings. The van der Waals surface area contributed by atoms with Gasteiger partial charge in [-0.15, -0.1) is 0 Å². The van der Waals surface area contributed by atoms with Crippen molar-refractivity contribution in [3.05, 3.63) is 34.4 Å². The largest absolute Gasteiger partial charge is 0.456 e. The molecule has 0 heterocycles. The maximum Gasteiger partial charge on any atom is 0.306 e. The molecule has 2 aliphatic carbocycles. The minimum atomic E-state index is -0.537. The first-order valence-corrected chi connectivity index (χ1v) is 8.21. The maximum absolute atomic E-state index is 11.9. The Morgan fingerprint density at radius 2 is 2.12 bits per heavy atom. The van der Waals surface area contributed by atoms with Crippen LogP contribution in [0.4, 0.5) is 11.4 Å². The number of nitro groups is 1. The van der Waals surface area contributed by atoms with Crippen molar-refractivity contribution < 1.29 is 19.2 Å². The molecule has 2 fully saturated rings. The molecule has 128 valence electrons. The summed E-state index contributed by atoms with van der Waals surface area (Å²) in [6.45, 7) is -0.373. The van der Waals surface area contributed by atoms with Gasteiger partial charge in [0.1, 0.15) is 0 Å². The number of non-ortho nitro benzene ring substituents is 1. The van der Waals surface area contributed by atoms with Crippen molar-refractivity contribution in [1.82, 2.24) is 0 Å². The second kappa shape index (κ2) is 6.98. The van der Waals surface area contributed by atoms with Crippen LogP contribution in [0.15, 0.2) is 24.3 Å². The van der Waals surface area contributed by atoms with Gasteiger partial charge in [0.2, 0.25) is 0 Å². The molecule has 0 spiro atoms. The predicted octanol–water partition coefficient (Wildman–Crippen LogP) is 2.90. The van der Waals surface area contributed by atoms with Crippen molar-refractivity contribution in [3.63, 3.8) is 0 Å². The molecule has 3 rings (SSSR count). The van der Waals surface area contributed by atoms with E-state index in [0.717, 1.165) is 12.3 Å². The quantitative estimate of drug-likeness (QED) is 0.490. The Bertz CT molecular complexity index is 660. The normalized spacial score (nSPS) is 24.6. The number of esters is 1. The van der Waals surface area contributed by atoms with E-state index in [0.29, 0.717) is 23.9 Å². The van der Waals surface area contributed by atoms with Gasteiger partial charge in [0, 0.05) is 24.2 Å². The lowest BCUT2D eigenvalue weighted by Gasteiger charge is -2.20. The van der Waals surface area contributed by atoms with E-state index in [1.807, 2.05) is 0 Å². The standard InChI is InChI=1S/C17H20N2O5/c20-16(18-14-2-1-3-15(9-14)19(22)23)10-24-17(21)8-13-7-11-4-5-12(13)6-11/h1-3,9,11-13H,4-8,10H2,(H,18,20)/t11-,12-,13-/m0/s1. The van der Waals surface area contributed by atoms with Gasteiger partial charge in [-0.25, -0.2) is 0 Å². The summed E-state index contributed by atoms with van der Waals surface area (Å²) in [5.74, 6) is 0.959. The van der Waals surface area contributed by atoms with Crippen LogP contribution in [0.25, 0.3) is 0 Å². The summed E-state index contributed by atoms with van der Waals surface area (Å²) in [5, 5.41) is 13.2. The van der Waals surface area contributed by atoms with Crippen LogP contribution in [0.1, 0.15) is 32.1 Å². The Hall–Kier alpha value is -2.44. The third kappa shape index (κ3) is 3.90. The minimum absolute atomic E-state index is 0.110. The molecule has 2 bridgehead atoms. The lowest BCUT2D eigenvalue weighted by molar-refractivity contribution is -0.384. The Labute approximate surface area is 139 Å². The molecular weight excluding hydrogens is 312 g/mol. The molecule has 2 saturated carbocycles. The number of fused-ring (bicyclic) bond motifs is 2. The molecule has 2 aliphatic rings. The maximum atomic E-state index is 11.9. The Morgan fingerprint density at radius 1 is 1.29 bits per heavy atom. The summed E-state index contributed by atoms with van der Waals surface area (Å²) < 4.78 is 5.04. The van der Waals surface area contributed by atoms with Crippen LogP contribution in [0.5, 0.6) is 0 Å². The third-order valence-corrected chi connectivity index (χ3v) is 5.02. The molecule has 7 heteroatoms. The molecule has 1 amide bonds. The second-order valence-electron chi connectivity index (χ2n) is 6.66. The zero-order chi connectivity index (χ0) is 17.1. The molecule has 1 N–H and O–H groups in total. The number of nitrogens with zero attached hydrogens (tertiary/aromatic N) is 1. The fourth-order valence-corrected chi connectivity index (χ4v) is 3.94. The van der Waals surface area contributed by atoms with Gasteiger partial charge in [0.05, 0.1) is 4.92 Å². The summed E-state index contributed by atoms with van der Waals surface area (Å²) in [6.07, 6.45) is 5.19. The van der Waals surface area contributed by atoms with Gasteiger partial charge in [-0.1, -0.05) is 12.5 Å². The monoisotopic (exact) mass is 332 g/mol.